The van der Waals surface area contributed by atoms with E-state index in [0.29, 0.717) is 17.5 Å². The average Bonchev–Trinajstić information content (AvgIpc) is 2.98. The summed E-state index contributed by atoms with van der Waals surface area (Å²) in [6, 6.07) is 3.59. The molecule has 0 unspecified atom stereocenters. The highest BCUT2D eigenvalue weighted by atomic mass is 15.4. The quantitative estimate of drug-likeness (QED) is 0.681. The molecule has 3 aromatic heterocycles. The van der Waals surface area contributed by atoms with Crippen LogP contribution in [0.4, 0.5) is 5.95 Å². The molecule has 0 saturated heterocycles. The van der Waals surface area contributed by atoms with E-state index in [1.165, 1.54) is 4.68 Å². The maximum absolute atomic E-state index is 5.67. The van der Waals surface area contributed by atoms with Crippen LogP contribution < -0.4 is 5.73 Å². The summed E-state index contributed by atoms with van der Waals surface area (Å²) in [4.78, 5) is 12.4. The summed E-state index contributed by atoms with van der Waals surface area (Å²) in [6.45, 7) is 0. The summed E-state index contributed by atoms with van der Waals surface area (Å²) < 4.78 is 3.19. The van der Waals surface area contributed by atoms with E-state index >= 15 is 0 Å². The highest BCUT2D eigenvalue weighted by Crippen LogP contribution is 2.13. The number of aryl methyl sites for hydroxylation is 1. The van der Waals surface area contributed by atoms with Crippen LogP contribution in [-0.4, -0.2) is 34.5 Å². The van der Waals surface area contributed by atoms with Crippen molar-refractivity contribution < 1.29 is 0 Å². The Morgan fingerprint density at radius 1 is 1.17 bits per heavy atom. The molecule has 90 valence electrons. The van der Waals surface area contributed by atoms with E-state index < -0.39 is 0 Å². The maximum atomic E-state index is 5.67. The van der Waals surface area contributed by atoms with Crippen LogP contribution in [-0.2, 0) is 7.05 Å². The Balaban J connectivity index is 2.11. The van der Waals surface area contributed by atoms with Crippen molar-refractivity contribution in [3.63, 3.8) is 0 Å². The van der Waals surface area contributed by atoms with Gasteiger partial charge in [0.1, 0.15) is 5.69 Å². The Bertz CT molecular complexity index is 669. The van der Waals surface area contributed by atoms with Crippen LogP contribution in [0.15, 0.2) is 30.7 Å². The fourth-order valence-corrected chi connectivity index (χ4v) is 1.52. The van der Waals surface area contributed by atoms with Gasteiger partial charge in [-0.2, -0.15) is 25.1 Å². The van der Waals surface area contributed by atoms with Gasteiger partial charge < -0.3 is 5.73 Å². The van der Waals surface area contributed by atoms with Crippen LogP contribution >= 0.6 is 0 Å². The molecule has 0 aliphatic rings. The van der Waals surface area contributed by atoms with Crippen molar-refractivity contribution in [1.82, 2.24) is 34.5 Å². The van der Waals surface area contributed by atoms with Gasteiger partial charge in [0, 0.05) is 25.6 Å². The Morgan fingerprint density at radius 3 is 2.72 bits per heavy atom. The number of aromatic nitrogens is 7. The highest BCUT2D eigenvalue weighted by molar-refractivity contribution is 5.50. The van der Waals surface area contributed by atoms with Gasteiger partial charge in [-0.05, 0) is 12.1 Å². The summed E-state index contributed by atoms with van der Waals surface area (Å²) in [5.74, 6) is 0.929. The lowest BCUT2D eigenvalue weighted by molar-refractivity contribution is 0.764. The molecular weight excluding hydrogens is 232 g/mol. The fourth-order valence-electron chi connectivity index (χ4n) is 1.52. The fraction of sp³-hybridized carbons (Fsp3) is 0.100. The van der Waals surface area contributed by atoms with Crippen molar-refractivity contribution in [1.29, 1.82) is 0 Å². The Hall–Kier alpha value is -2.77. The van der Waals surface area contributed by atoms with Crippen molar-refractivity contribution in [3.05, 3.63) is 30.7 Å². The zero-order valence-electron chi connectivity index (χ0n) is 9.59. The first-order chi connectivity index (χ1) is 8.72. The number of nitrogen functional groups attached to an aromatic ring is 1. The van der Waals surface area contributed by atoms with Gasteiger partial charge in [-0.1, -0.05) is 0 Å². The van der Waals surface area contributed by atoms with Crippen LogP contribution in [0.5, 0.6) is 0 Å². The lowest BCUT2D eigenvalue weighted by atomic mass is 10.4. The number of hydrogen-bond donors (Lipinski definition) is 1. The second kappa shape index (κ2) is 3.91. The molecule has 0 aliphatic heterocycles. The van der Waals surface area contributed by atoms with Gasteiger partial charge in [0.2, 0.25) is 5.95 Å². The third-order valence-corrected chi connectivity index (χ3v) is 2.29. The predicted octanol–water partition coefficient (Wildman–Crippen LogP) is 0.0400. The van der Waals surface area contributed by atoms with Crippen LogP contribution in [0, 0.1) is 0 Å². The SMILES string of the molecule is Cn1ccc(-c2nc(N)nc(-n3cccn3)n2)n1. The summed E-state index contributed by atoms with van der Waals surface area (Å²) in [5.41, 5.74) is 6.31. The Morgan fingerprint density at radius 2 is 2.06 bits per heavy atom. The van der Waals surface area contributed by atoms with Gasteiger partial charge in [0.05, 0.1) is 0 Å². The largest absolute Gasteiger partial charge is 0.368 e. The Kier molecular flexibility index (Phi) is 2.26. The van der Waals surface area contributed by atoms with E-state index in [-0.39, 0.29) is 5.95 Å². The Labute approximate surface area is 102 Å². The molecule has 0 spiro atoms. The summed E-state index contributed by atoms with van der Waals surface area (Å²) in [7, 11) is 1.82. The molecule has 0 aromatic carbocycles. The van der Waals surface area contributed by atoms with Gasteiger partial charge in [0.25, 0.3) is 5.95 Å². The number of hydrogen-bond acceptors (Lipinski definition) is 6. The molecular formula is C10H10N8. The molecule has 3 heterocycles. The number of nitrogens with zero attached hydrogens (tertiary/aromatic N) is 7. The minimum absolute atomic E-state index is 0.135. The summed E-state index contributed by atoms with van der Waals surface area (Å²) >= 11 is 0. The minimum Gasteiger partial charge on any atom is -0.368 e. The zero-order chi connectivity index (χ0) is 12.5. The van der Waals surface area contributed by atoms with Crippen molar-refractivity contribution in [2.75, 3.05) is 5.73 Å². The van der Waals surface area contributed by atoms with E-state index in [0.717, 1.165) is 0 Å². The first kappa shape index (κ1) is 10.4. The van der Waals surface area contributed by atoms with Gasteiger partial charge in [-0.25, -0.2) is 4.68 Å². The molecule has 0 saturated carbocycles. The lowest BCUT2D eigenvalue weighted by Crippen LogP contribution is -2.08. The number of nitrogens with two attached hydrogens (primary N) is 1. The first-order valence-electron chi connectivity index (χ1n) is 5.24. The lowest BCUT2D eigenvalue weighted by Gasteiger charge is -2.02. The number of rotatable bonds is 2. The first-order valence-corrected chi connectivity index (χ1v) is 5.24. The molecule has 3 aromatic rings. The van der Waals surface area contributed by atoms with E-state index in [1.807, 2.05) is 19.3 Å². The average molecular weight is 242 g/mol. The molecule has 8 heteroatoms. The van der Waals surface area contributed by atoms with Gasteiger partial charge >= 0.3 is 0 Å². The van der Waals surface area contributed by atoms with Crippen molar-refractivity contribution in [2.45, 2.75) is 0 Å². The second-order valence-electron chi connectivity index (χ2n) is 3.64. The molecule has 0 bridgehead atoms. The van der Waals surface area contributed by atoms with Crippen molar-refractivity contribution >= 4 is 5.95 Å². The zero-order valence-corrected chi connectivity index (χ0v) is 9.59. The molecule has 2 N–H and O–H groups in total. The normalized spacial score (nSPS) is 10.7. The smallest absolute Gasteiger partial charge is 0.255 e. The predicted molar refractivity (Wildman–Crippen MR) is 63.6 cm³/mol. The minimum atomic E-state index is 0.135. The van der Waals surface area contributed by atoms with Crippen molar-refractivity contribution in [2.24, 2.45) is 7.05 Å². The topological polar surface area (TPSA) is 100 Å². The molecule has 0 radical (unpaired) electrons. The summed E-state index contributed by atoms with van der Waals surface area (Å²) in [5, 5.41) is 8.27. The maximum Gasteiger partial charge on any atom is 0.255 e. The molecule has 0 fully saturated rings. The van der Waals surface area contributed by atoms with Gasteiger partial charge in [-0.15, -0.1) is 0 Å². The monoisotopic (exact) mass is 242 g/mol. The van der Waals surface area contributed by atoms with E-state index in [4.69, 9.17) is 5.73 Å². The van der Waals surface area contributed by atoms with E-state index in [9.17, 15) is 0 Å². The van der Waals surface area contributed by atoms with Crippen LogP contribution in [0.1, 0.15) is 0 Å². The standard InChI is InChI=1S/C10H10N8/c1-17-6-3-7(16-17)8-13-9(11)15-10(14-8)18-5-2-4-12-18/h2-6H,1H3,(H2,11,13,14,15). The molecule has 18 heavy (non-hydrogen) atoms. The summed E-state index contributed by atoms with van der Waals surface area (Å²) in [6.07, 6.45) is 5.18. The van der Waals surface area contributed by atoms with E-state index in [1.54, 1.807) is 23.1 Å². The second-order valence-corrected chi connectivity index (χ2v) is 3.64. The highest BCUT2D eigenvalue weighted by Gasteiger charge is 2.10. The third-order valence-electron chi connectivity index (χ3n) is 2.29. The van der Waals surface area contributed by atoms with Crippen LogP contribution in [0.2, 0.25) is 0 Å². The molecule has 0 aliphatic carbocycles. The third kappa shape index (κ3) is 1.79. The van der Waals surface area contributed by atoms with Crippen LogP contribution in [0.3, 0.4) is 0 Å². The van der Waals surface area contributed by atoms with Gasteiger partial charge in [-0.3, -0.25) is 4.68 Å². The van der Waals surface area contributed by atoms with Crippen molar-refractivity contribution in [3.8, 4) is 17.5 Å². The number of anilines is 1. The molecule has 3 rings (SSSR count). The van der Waals surface area contributed by atoms with Crippen LogP contribution in [0.25, 0.3) is 17.5 Å². The molecule has 0 atom stereocenters. The molecule has 8 nitrogen and oxygen atoms in total. The van der Waals surface area contributed by atoms with E-state index in [2.05, 4.69) is 25.1 Å². The van der Waals surface area contributed by atoms with Gasteiger partial charge in [0.15, 0.2) is 5.82 Å². The molecule has 0 amide bonds.